The first-order chi connectivity index (χ1) is 9.08. The van der Waals surface area contributed by atoms with Crippen LogP contribution in [-0.2, 0) is 16.0 Å². The van der Waals surface area contributed by atoms with E-state index in [0.717, 1.165) is 16.5 Å². The molecule has 100 valence electrons. The zero-order valence-corrected chi connectivity index (χ0v) is 10.3. The van der Waals surface area contributed by atoms with E-state index in [1.807, 2.05) is 30.5 Å². The summed E-state index contributed by atoms with van der Waals surface area (Å²) in [6.45, 7) is -0.376. The Balaban J connectivity index is 2.04. The van der Waals surface area contributed by atoms with Gasteiger partial charge in [-0.3, -0.25) is 9.59 Å². The molecular weight excluding hydrogens is 246 g/mol. The van der Waals surface area contributed by atoms with Gasteiger partial charge >= 0.3 is 5.97 Å². The summed E-state index contributed by atoms with van der Waals surface area (Å²) < 4.78 is 0. The molecule has 0 fully saturated rings. The van der Waals surface area contributed by atoms with Gasteiger partial charge in [0.25, 0.3) is 5.91 Å². The second-order valence-corrected chi connectivity index (χ2v) is 4.37. The van der Waals surface area contributed by atoms with E-state index in [1.165, 1.54) is 0 Å². The van der Waals surface area contributed by atoms with Gasteiger partial charge in [0.15, 0.2) is 6.04 Å². The fourth-order valence-corrected chi connectivity index (χ4v) is 1.97. The van der Waals surface area contributed by atoms with Crippen molar-refractivity contribution in [2.75, 3.05) is 6.54 Å². The fourth-order valence-electron chi connectivity index (χ4n) is 1.97. The third kappa shape index (κ3) is 3.11. The highest BCUT2D eigenvalue weighted by Crippen LogP contribution is 2.18. The van der Waals surface area contributed by atoms with E-state index < -0.39 is 12.0 Å². The molecule has 1 atom stereocenters. The maximum absolute atomic E-state index is 11.7. The molecule has 0 unspecified atom stereocenters. The first-order valence-corrected chi connectivity index (χ1v) is 5.95. The first-order valence-electron chi connectivity index (χ1n) is 5.95. The van der Waals surface area contributed by atoms with Crippen molar-refractivity contribution in [3.63, 3.8) is 0 Å². The van der Waals surface area contributed by atoms with Crippen molar-refractivity contribution in [3.8, 4) is 0 Å². The molecule has 6 nitrogen and oxygen atoms in total. The number of hydrogen-bond acceptors (Lipinski definition) is 2. The molecule has 0 bridgehead atoms. The first kappa shape index (κ1) is 13.1. The molecule has 6 N–H and O–H groups in total. The molecule has 2 rings (SSSR count). The van der Waals surface area contributed by atoms with Gasteiger partial charge in [0.05, 0.1) is 0 Å². The Kier molecular flexibility index (Phi) is 3.82. The Morgan fingerprint density at radius 3 is 2.84 bits per heavy atom. The summed E-state index contributed by atoms with van der Waals surface area (Å²) in [6, 6.07) is 7.29. The zero-order valence-electron chi connectivity index (χ0n) is 10.3. The van der Waals surface area contributed by atoms with Gasteiger partial charge < -0.3 is 21.1 Å². The summed E-state index contributed by atoms with van der Waals surface area (Å²) in [5, 5.41) is 11.9. The SMILES string of the molecule is [NH3+][C@@H](Cc1c[nH]c2ccccc12)C(=O)NCC(=O)O. The van der Waals surface area contributed by atoms with Crippen LogP contribution >= 0.6 is 0 Å². The number of benzene rings is 1. The van der Waals surface area contributed by atoms with Gasteiger partial charge in [0, 0.05) is 23.5 Å². The quantitative estimate of drug-likeness (QED) is 0.584. The summed E-state index contributed by atoms with van der Waals surface area (Å²) in [6.07, 6.45) is 2.32. The Morgan fingerprint density at radius 1 is 1.37 bits per heavy atom. The summed E-state index contributed by atoms with van der Waals surface area (Å²) in [5.41, 5.74) is 5.79. The molecular formula is C13H16N3O3+. The van der Waals surface area contributed by atoms with E-state index in [2.05, 4.69) is 16.0 Å². The molecule has 1 aromatic heterocycles. The highest BCUT2D eigenvalue weighted by atomic mass is 16.4. The second-order valence-electron chi connectivity index (χ2n) is 4.37. The summed E-state index contributed by atoms with van der Waals surface area (Å²) in [7, 11) is 0. The highest BCUT2D eigenvalue weighted by Gasteiger charge is 2.19. The third-order valence-electron chi connectivity index (χ3n) is 2.93. The van der Waals surface area contributed by atoms with Crippen molar-refractivity contribution >= 4 is 22.8 Å². The smallest absolute Gasteiger partial charge is 0.322 e. The van der Waals surface area contributed by atoms with Crippen LogP contribution in [0.5, 0.6) is 0 Å². The number of H-pyrrole nitrogens is 1. The number of carboxylic acid groups (broad SMARTS) is 1. The maximum Gasteiger partial charge on any atom is 0.322 e. The van der Waals surface area contributed by atoms with Crippen LogP contribution in [0, 0.1) is 0 Å². The predicted octanol–water partition coefficient (Wildman–Crippen LogP) is -0.478. The molecule has 1 amide bonds. The molecule has 1 aromatic carbocycles. The topological polar surface area (TPSA) is 110 Å². The molecule has 0 aliphatic rings. The standard InChI is InChI=1S/C13H15N3O3/c14-10(13(19)16-7-12(17)18)5-8-6-15-11-4-2-1-3-9(8)11/h1-4,6,10,15H,5,7,14H2,(H,16,19)(H,17,18)/p+1/t10-/m0/s1. The number of para-hydroxylation sites is 1. The predicted molar refractivity (Wildman–Crippen MR) is 69.3 cm³/mol. The van der Waals surface area contributed by atoms with Gasteiger partial charge in [-0.15, -0.1) is 0 Å². The van der Waals surface area contributed by atoms with Crippen LogP contribution in [0.4, 0.5) is 0 Å². The summed E-state index contributed by atoms with van der Waals surface area (Å²) >= 11 is 0. The van der Waals surface area contributed by atoms with Crippen molar-refractivity contribution in [2.24, 2.45) is 0 Å². The van der Waals surface area contributed by atoms with E-state index in [-0.39, 0.29) is 12.5 Å². The van der Waals surface area contributed by atoms with Gasteiger partial charge in [-0.05, 0) is 11.6 Å². The van der Waals surface area contributed by atoms with Crippen LogP contribution in [0.1, 0.15) is 5.56 Å². The normalized spacial score (nSPS) is 12.3. The number of fused-ring (bicyclic) bond motifs is 1. The highest BCUT2D eigenvalue weighted by molar-refractivity contribution is 5.86. The van der Waals surface area contributed by atoms with Crippen molar-refractivity contribution in [2.45, 2.75) is 12.5 Å². The van der Waals surface area contributed by atoms with Crippen molar-refractivity contribution in [1.82, 2.24) is 10.3 Å². The number of carbonyl (C=O) groups excluding carboxylic acids is 1. The van der Waals surface area contributed by atoms with E-state index in [9.17, 15) is 9.59 Å². The van der Waals surface area contributed by atoms with Gasteiger partial charge in [0.1, 0.15) is 6.54 Å². The number of quaternary nitrogens is 1. The average Bonchev–Trinajstić information content (AvgIpc) is 2.79. The van der Waals surface area contributed by atoms with Crippen LogP contribution in [0.15, 0.2) is 30.5 Å². The minimum Gasteiger partial charge on any atom is -0.480 e. The van der Waals surface area contributed by atoms with Gasteiger partial charge in [-0.25, -0.2) is 0 Å². The number of nitrogens with one attached hydrogen (secondary N) is 2. The summed E-state index contributed by atoms with van der Waals surface area (Å²) in [5.74, 6) is -1.42. The lowest BCUT2D eigenvalue weighted by molar-refractivity contribution is -0.403. The maximum atomic E-state index is 11.7. The van der Waals surface area contributed by atoms with Gasteiger partial charge in [-0.2, -0.15) is 0 Å². The van der Waals surface area contributed by atoms with E-state index in [0.29, 0.717) is 6.42 Å². The van der Waals surface area contributed by atoms with Crippen LogP contribution in [-0.4, -0.2) is 34.6 Å². The zero-order chi connectivity index (χ0) is 13.8. The van der Waals surface area contributed by atoms with Crippen LogP contribution in [0.3, 0.4) is 0 Å². The van der Waals surface area contributed by atoms with Crippen molar-refractivity contribution in [3.05, 3.63) is 36.0 Å². The molecule has 19 heavy (non-hydrogen) atoms. The number of amides is 1. The Hall–Kier alpha value is -2.34. The van der Waals surface area contributed by atoms with Crippen molar-refractivity contribution < 1.29 is 20.4 Å². The molecule has 0 aliphatic heterocycles. The number of aliphatic carboxylic acids is 1. The molecule has 6 heteroatoms. The van der Waals surface area contributed by atoms with E-state index >= 15 is 0 Å². The number of hydrogen-bond donors (Lipinski definition) is 4. The molecule has 1 heterocycles. The number of aromatic nitrogens is 1. The van der Waals surface area contributed by atoms with E-state index in [1.54, 1.807) is 0 Å². The van der Waals surface area contributed by atoms with E-state index in [4.69, 9.17) is 5.11 Å². The molecule has 0 radical (unpaired) electrons. The monoisotopic (exact) mass is 262 g/mol. The van der Waals surface area contributed by atoms with Crippen LogP contribution in [0.2, 0.25) is 0 Å². The number of rotatable bonds is 5. The van der Waals surface area contributed by atoms with Crippen LogP contribution in [0.25, 0.3) is 10.9 Å². The molecule has 2 aromatic rings. The Bertz CT molecular complexity index is 606. The average molecular weight is 262 g/mol. The lowest BCUT2D eigenvalue weighted by atomic mass is 10.1. The molecule has 0 spiro atoms. The summed E-state index contributed by atoms with van der Waals surface area (Å²) in [4.78, 5) is 25.2. The largest absolute Gasteiger partial charge is 0.480 e. The molecule has 0 saturated carbocycles. The van der Waals surface area contributed by atoms with Crippen LogP contribution < -0.4 is 11.1 Å². The number of carbonyl (C=O) groups is 2. The fraction of sp³-hybridized carbons (Fsp3) is 0.231. The van der Waals surface area contributed by atoms with Crippen molar-refractivity contribution in [1.29, 1.82) is 0 Å². The minimum atomic E-state index is -1.06. The van der Waals surface area contributed by atoms with Gasteiger partial charge in [0.2, 0.25) is 0 Å². The lowest BCUT2D eigenvalue weighted by Crippen LogP contribution is -2.68. The minimum absolute atomic E-state index is 0.354. The third-order valence-corrected chi connectivity index (χ3v) is 2.93. The lowest BCUT2D eigenvalue weighted by Gasteiger charge is -2.07. The Morgan fingerprint density at radius 2 is 2.11 bits per heavy atom. The Labute approximate surface area is 109 Å². The number of aromatic amines is 1. The molecule has 0 aliphatic carbocycles. The number of carboxylic acids is 1. The molecule has 0 saturated heterocycles. The van der Waals surface area contributed by atoms with Gasteiger partial charge in [-0.1, -0.05) is 18.2 Å². The second kappa shape index (κ2) is 5.53.